The predicted octanol–water partition coefficient (Wildman–Crippen LogP) is 4.88. The molecule has 1 N–H and O–H groups in total. The van der Waals surface area contributed by atoms with E-state index in [0.29, 0.717) is 0 Å². The van der Waals surface area contributed by atoms with Gasteiger partial charge in [-0.05, 0) is 62.9 Å². The number of rotatable bonds is 7. The molecule has 0 spiro atoms. The smallest absolute Gasteiger partial charge is 0.119 e. The quantitative estimate of drug-likeness (QED) is 0.731. The normalized spacial score (nSPS) is 10.4. The van der Waals surface area contributed by atoms with Gasteiger partial charge in [-0.2, -0.15) is 0 Å². The van der Waals surface area contributed by atoms with E-state index in [1.165, 1.54) is 22.4 Å². The van der Waals surface area contributed by atoms with Crippen molar-refractivity contribution in [1.82, 2.24) is 0 Å². The minimum absolute atomic E-state index is 0.776. The summed E-state index contributed by atoms with van der Waals surface area (Å²) in [5.74, 6) is 0.970. The number of unbranched alkanes of at least 4 members (excludes halogenated alkanes) is 1. The Morgan fingerprint density at radius 1 is 0.905 bits per heavy atom. The average Bonchev–Trinajstić information content (AvgIpc) is 2.44. The zero-order valence-electron chi connectivity index (χ0n) is 13.3. The van der Waals surface area contributed by atoms with Crippen molar-refractivity contribution in [3.8, 4) is 5.75 Å². The molecule has 0 heterocycles. The second kappa shape index (κ2) is 7.72. The zero-order valence-corrected chi connectivity index (χ0v) is 13.3. The van der Waals surface area contributed by atoms with Crippen LogP contribution >= 0.6 is 0 Å². The van der Waals surface area contributed by atoms with E-state index in [0.717, 1.165) is 31.7 Å². The Hall–Kier alpha value is -1.96. The van der Waals surface area contributed by atoms with E-state index in [9.17, 15) is 0 Å². The lowest BCUT2D eigenvalue weighted by Crippen LogP contribution is -2.05. The number of anilines is 1. The summed E-state index contributed by atoms with van der Waals surface area (Å²) in [5, 5.41) is 3.49. The molecule has 2 aromatic carbocycles. The van der Waals surface area contributed by atoms with Crippen LogP contribution in [-0.2, 0) is 0 Å². The molecule has 0 aliphatic rings. The fraction of sp³-hybridized carbons (Fsp3) is 0.368. The molecule has 0 aliphatic heterocycles. The molecule has 21 heavy (non-hydrogen) atoms. The van der Waals surface area contributed by atoms with Crippen molar-refractivity contribution in [2.24, 2.45) is 0 Å². The Balaban J connectivity index is 1.64. The molecule has 2 rings (SSSR count). The summed E-state index contributed by atoms with van der Waals surface area (Å²) < 4.78 is 5.75. The SMILES string of the molecule is Cc1cccc(OCCCCNc2ccc(C)cc2C)c1. The van der Waals surface area contributed by atoms with E-state index in [-0.39, 0.29) is 0 Å². The average molecular weight is 283 g/mol. The van der Waals surface area contributed by atoms with Crippen LogP contribution in [0.1, 0.15) is 29.5 Å². The highest BCUT2D eigenvalue weighted by Gasteiger charge is 1.98. The number of ether oxygens (including phenoxy) is 1. The van der Waals surface area contributed by atoms with Gasteiger partial charge in [-0.15, -0.1) is 0 Å². The Morgan fingerprint density at radius 2 is 1.71 bits per heavy atom. The number of hydrogen-bond donors (Lipinski definition) is 1. The first-order valence-electron chi connectivity index (χ1n) is 7.66. The minimum atomic E-state index is 0.776. The van der Waals surface area contributed by atoms with E-state index in [1.54, 1.807) is 0 Å². The molecule has 0 bridgehead atoms. The van der Waals surface area contributed by atoms with Gasteiger partial charge in [0.25, 0.3) is 0 Å². The van der Waals surface area contributed by atoms with Crippen LogP contribution in [0.25, 0.3) is 0 Å². The van der Waals surface area contributed by atoms with Crippen molar-refractivity contribution < 1.29 is 4.74 Å². The largest absolute Gasteiger partial charge is 0.494 e. The van der Waals surface area contributed by atoms with Gasteiger partial charge in [0.2, 0.25) is 0 Å². The fourth-order valence-electron chi connectivity index (χ4n) is 2.36. The van der Waals surface area contributed by atoms with Crippen LogP contribution in [0.5, 0.6) is 5.75 Å². The van der Waals surface area contributed by atoms with E-state index < -0.39 is 0 Å². The molecular weight excluding hydrogens is 258 g/mol. The fourth-order valence-corrected chi connectivity index (χ4v) is 2.36. The monoisotopic (exact) mass is 283 g/mol. The molecule has 2 heteroatoms. The maximum atomic E-state index is 5.75. The number of hydrogen-bond acceptors (Lipinski definition) is 2. The summed E-state index contributed by atoms with van der Waals surface area (Å²) >= 11 is 0. The van der Waals surface area contributed by atoms with E-state index in [4.69, 9.17) is 4.74 Å². The van der Waals surface area contributed by atoms with Crippen molar-refractivity contribution in [2.75, 3.05) is 18.5 Å². The van der Waals surface area contributed by atoms with Crippen molar-refractivity contribution in [3.63, 3.8) is 0 Å². The van der Waals surface area contributed by atoms with Crippen LogP contribution in [0.2, 0.25) is 0 Å². The molecule has 112 valence electrons. The third-order valence-corrected chi connectivity index (χ3v) is 3.53. The van der Waals surface area contributed by atoms with Gasteiger partial charge >= 0.3 is 0 Å². The second-order valence-electron chi connectivity index (χ2n) is 5.62. The maximum Gasteiger partial charge on any atom is 0.119 e. The van der Waals surface area contributed by atoms with Crippen LogP contribution in [0.15, 0.2) is 42.5 Å². The molecule has 0 radical (unpaired) electrons. The van der Waals surface area contributed by atoms with Gasteiger partial charge in [0, 0.05) is 12.2 Å². The van der Waals surface area contributed by atoms with Gasteiger partial charge in [-0.25, -0.2) is 0 Å². The van der Waals surface area contributed by atoms with Crippen molar-refractivity contribution in [3.05, 3.63) is 59.2 Å². The van der Waals surface area contributed by atoms with Gasteiger partial charge in [-0.3, -0.25) is 0 Å². The Bertz CT molecular complexity index is 578. The Morgan fingerprint density at radius 3 is 2.48 bits per heavy atom. The van der Waals surface area contributed by atoms with Crippen molar-refractivity contribution in [1.29, 1.82) is 0 Å². The summed E-state index contributed by atoms with van der Waals surface area (Å²) in [6.45, 7) is 8.12. The molecule has 0 fully saturated rings. The first-order chi connectivity index (χ1) is 10.1. The minimum Gasteiger partial charge on any atom is -0.494 e. The highest BCUT2D eigenvalue weighted by molar-refractivity contribution is 5.51. The molecule has 0 atom stereocenters. The summed E-state index contributed by atoms with van der Waals surface area (Å²) in [4.78, 5) is 0. The topological polar surface area (TPSA) is 21.3 Å². The third-order valence-electron chi connectivity index (χ3n) is 3.53. The Kier molecular flexibility index (Phi) is 5.68. The van der Waals surface area contributed by atoms with Gasteiger partial charge in [0.15, 0.2) is 0 Å². The molecule has 0 saturated heterocycles. The lowest BCUT2D eigenvalue weighted by molar-refractivity contribution is 0.308. The number of aryl methyl sites for hydroxylation is 3. The first-order valence-corrected chi connectivity index (χ1v) is 7.66. The van der Waals surface area contributed by atoms with Gasteiger partial charge in [-0.1, -0.05) is 29.8 Å². The molecule has 0 saturated carbocycles. The van der Waals surface area contributed by atoms with Crippen molar-refractivity contribution >= 4 is 5.69 Å². The lowest BCUT2D eigenvalue weighted by Gasteiger charge is -2.10. The molecule has 2 aromatic rings. The number of nitrogens with one attached hydrogen (secondary N) is 1. The first kappa shape index (κ1) is 15.4. The summed E-state index contributed by atoms with van der Waals surface area (Å²) in [6.07, 6.45) is 2.17. The lowest BCUT2D eigenvalue weighted by atomic mass is 10.1. The molecule has 2 nitrogen and oxygen atoms in total. The van der Waals surface area contributed by atoms with Crippen LogP contribution in [0.4, 0.5) is 5.69 Å². The highest BCUT2D eigenvalue weighted by Crippen LogP contribution is 2.16. The molecule has 0 amide bonds. The summed E-state index contributed by atoms with van der Waals surface area (Å²) in [5.41, 5.74) is 5.10. The predicted molar refractivity (Wildman–Crippen MR) is 90.3 cm³/mol. The van der Waals surface area contributed by atoms with E-state index in [2.05, 4.69) is 56.4 Å². The van der Waals surface area contributed by atoms with Crippen LogP contribution in [0, 0.1) is 20.8 Å². The van der Waals surface area contributed by atoms with Gasteiger partial charge in [0.1, 0.15) is 5.75 Å². The molecule has 0 unspecified atom stereocenters. The maximum absolute atomic E-state index is 5.75. The summed E-state index contributed by atoms with van der Waals surface area (Å²) in [7, 11) is 0. The van der Waals surface area contributed by atoms with Crippen LogP contribution < -0.4 is 10.1 Å². The van der Waals surface area contributed by atoms with Crippen molar-refractivity contribution in [2.45, 2.75) is 33.6 Å². The molecule has 0 aliphatic carbocycles. The summed E-state index contributed by atoms with van der Waals surface area (Å²) in [6, 6.07) is 14.7. The molecular formula is C19H25NO. The Labute approximate surface area is 128 Å². The zero-order chi connectivity index (χ0) is 15.1. The van der Waals surface area contributed by atoms with Gasteiger partial charge < -0.3 is 10.1 Å². The van der Waals surface area contributed by atoms with Crippen LogP contribution in [0.3, 0.4) is 0 Å². The molecule has 0 aromatic heterocycles. The van der Waals surface area contributed by atoms with Crippen LogP contribution in [-0.4, -0.2) is 13.2 Å². The van der Waals surface area contributed by atoms with Gasteiger partial charge in [0.05, 0.1) is 6.61 Å². The highest BCUT2D eigenvalue weighted by atomic mass is 16.5. The number of benzene rings is 2. The van der Waals surface area contributed by atoms with E-state index >= 15 is 0 Å². The van der Waals surface area contributed by atoms with E-state index in [1.807, 2.05) is 12.1 Å². The standard InChI is InChI=1S/C19H25NO/c1-15-7-6-8-18(14-15)21-12-5-4-11-20-19-10-9-16(2)13-17(19)3/h6-10,13-14,20H,4-5,11-12H2,1-3H3. The third kappa shape index (κ3) is 5.14. The second-order valence-corrected chi connectivity index (χ2v) is 5.62.